The molecule has 0 aliphatic heterocycles. The maximum atomic E-state index is 5.55. The maximum absolute atomic E-state index is 5.55. The van der Waals surface area contributed by atoms with Crippen LogP contribution in [0.2, 0.25) is 0 Å². The van der Waals surface area contributed by atoms with E-state index >= 15 is 0 Å². The van der Waals surface area contributed by atoms with E-state index in [1.807, 2.05) is 19.1 Å². The number of nitrogens with one attached hydrogen (secondary N) is 1. The molecule has 0 saturated heterocycles. The molecule has 20 heavy (non-hydrogen) atoms. The molecule has 0 amide bonds. The van der Waals surface area contributed by atoms with Crippen LogP contribution in [0.4, 0.5) is 5.82 Å². The van der Waals surface area contributed by atoms with Crippen molar-refractivity contribution in [3.8, 4) is 22.8 Å². The van der Waals surface area contributed by atoms with Crippen LogP contribution in [0.1, 0.15) is 11.1 Å². The van der Waals surface area contributed by atoms with E-state index in [2.05, 4.69) is 22.2 Å². The first-order valence-corrected chi connectivity index (χ1v) is 6.35. The third-order valence-electron chi connectivity index (χ3n) is 3.38. The number of methoxy groups -OCH3 is 2. The third kappa shape index (κ3) is 2.27. The number of hydrogen-bond acceptors (Lipinski definition) is 5. The second kappa shape index (κ2) is 5.77. The van der Waals surface area contributed by atoms with Gasteiger partial charge < -0.3 is 14.8 Å². The summed E-state index contributed by atoms with van der Waals surface area (Å²) in [5, 5.41) is 3.00. The van der Waals surface area contributed by atoms with Gasteiger partial charge in [0.2, 0.25) is 0 Å². The van der Waals surface area contributed by atoms with Crippen molar-refractivity contribution in [2.45, 2.75) is 13.8 Å². The van der Waals surface area contributed by atoms with E-state index in [1.54, 1.807) is 21.3 Å². The van der Waals surface area contributed by atoms with Gasteiger partial charge in [0.15, 0.2) is 11.6 Å². The lowest BCUT2D eigenvalue weighted by molar-refractivity contribution is 0.407. The highest BCUT2D eigenvalue weighted by molar-refractivity contribution is 5.78. The van der Waals surface area contributed by atoms with E-state index < -0.39 is 0 Å². The van der Waals surface area contributed by atoms with Crippen molar-refractivity contribution in [1.82, 2.24) is 9.97 Å². The Bertz CT molecular complexity index is 627. The monoisotopic (exact) mass is 273 g/mol. The highest BCUT2D eigenvalue weighted by Gasteiger charge is 2.18. The summed E-state index contributed by atoms with van der Waals surface area (Å²) in [6.45, 7) is 4.09. The predicted molar refractivity (Wildman–Crippen MR) is 79.6 cm³/mol. The first-order valence-electron chi connectivity index (χ1n) is 6.35. The van der Waals surface area contributed by atoms with Gasteiger partial charge in [-0.05, 0) is 31.0 Å². The Morgan fingerprint density at radius 3 is 2.30 bits per heavy atom. The Kier molecular flexibility index (Phi) is 4.08. The zero-order chi connectivity index (χ0) is 14.7. The van der Waals surface area contributed by atoms with Gasteiger partial charge >= 0.3 is 0 Å². The van der Waals surface area contributed by atoms with Gasteiger partial charge in [0, 0.05) is 12.6 Å². The number of anilines is 1. The zero-order valence-corrected chi connectivity index (χ0v) is 12.4. The van der Waals surface area contributed by atoms with Crippen LogP contribution < -0.4 is 14.8 Å². The van der Waals surface area contributed by atoms with Gasteiger partial charge in [-0.2, -0.15) is 0 Å². The van der Waals surface area contributed by atoms with Crippen LogP contribution in [0, 0.1) is 13.8 Å². The Balaban J connectivity index is 2.72. The summed E-state index contributed by atoms with van der Waals surface area (Å²) in [6, 6.07) is 4.04. The number of aryl methyl sites for hydroxylation is 1. The average Bonchev–Trinajstić information content (AvgIpc) is 2.48. The molecule has 106 valence electrons. The summed E-state index contributed by atoms with van der Waals surface area (Å²) in [7, 11) is 5.07. The molecule has 0 atom stereocenters. The lowest BCUT2D eigenvalue weighted by atomic mass is 10.0. The molecule has 2 rings (SSSR count). The smallest absolute Gasteiger partial charge is 0.187 e. The summed E-state index contributed by atoms with van der Waals surface area (Å²) >= 11 is 0. The van der Waals surface area contributed by atoms with Crippen LogP contribution in [0.5, 0.6) is 11.5 Å². The van der Waals surface area contributed by atoms with Gasteiger partial charge in [-0.1, -0.05) is 6.07 Å². The van der Waals surface area contributed by atoms with Crippen molar-refractivity contribution in [1.29, 1.82) is 0 Å². The van der Waals surface area contributed by atoms with Crippen molar-refractivity contribution in [3.63, 3.8) is 0 Å². The first kappa shape index (κ1) is 14.1. The molecule has 1 N–H and O–H groups in total. The summed E-state index contributed by atoms with van der Waals surface area (Å²) in [5.41, 5.74) is 3.88. The predicted octanol–water partition coefficient (Wildman–Crippen LogP) is 2.82. The molecule has 0 fully saturated rings. The number of ether oxygens (including phenoxy) is 2. The maximum Gasteiger partial charge on any atom is 0.187 e. The minimum Gasteiger partial charge on any atom is -0.496 e. The Hall–Kier alpha value is -2.30. The van der Waals surface area contributed by atoms with Gasteiger partial charge in [-0.25, -0.2) is 9.97 Å². The molecule has 0 saturated carbocycles. The first-order chi connectivity index (χ1) is 9.63. The van der Waals surface area contributed by atoms with Crippen LogP contribution >= 0.6 is 0 Å². The van der Waals surface area contributed by atoms with E-state index in [4.69, 9.17) is 9.47 Å². The van der Waals surface area contributed by atoms with E-state index in [-0.39, 0.29) is 0 Å². The van der Waals surface area contributed by atoms with Gasteiger partial charge in [0.25, 0.3) is 0 Å². The number of nitrogens with zero attached hydrogens (tertiary/aromatic N) is 2. The number of aromatic nitrogens is 2. The van der Waals surface area contributed by atoms with Crippen molar-refractivity contribution >= 4 is 5.82 Å². The van der Waals surface area contributed by atoms with Crippen molar-refractivity contribution in [3.05, 3.63) is 29.6 Å². The molecule has 5 nitrogen and oxygen atoms in total. The quantitative estimate of drug-likeness (QED) is 0.928. The minimum absolute atomic E-state index is 0.608. The van der Waals surface area contributed by atoms with Crippen LogP contribution in [0.15, 0.2) is 18.5 Å². The number of rotatable bonds is 4. The van der Waals surface area contributed by atoms with E-state index in [9.17, 15) is 0 Å². The molecule has 5 heteroatoms. The summed E-state index contributed by atoms with van der Waals surface area (Å²) < 4.78 is 11.0. The topological polar surface area (TPSA) is 56.3 Å². The highest BCUT2D eigenvalue weighted by Crippen LogP contribution is 2.39. The van der Waals surface area contributed by atoms with E-state index in [1.165, 1.54) is 11.9 Å². The van der Waals surface area contributed by atoms with Crippen LogP contribution in [0.3, 0.4) is 0 Å². The second-order valence-electron chi connectivity index (χ2n) is 4.44. The molecule has 0 spiro atoms. The normalized spacial score (nSPS) is 10.2. The van der Waals surface area contributed by atoms with Crippen LogP contribution in [0.25, 0.3) is 11.3 Å². The Morgan fingerprint density at radius 2 is 1.70 bits per heavy atom. The van der Waals surface area contributed by atoms with Crippen LogP contribution in [-0.4, -0.2) is 31.2 Å². The summed E-state index contributed by atoms with van der Waals surface area (Å²) in [4.78, 5) is 8.51. The fourth-order valence-corrected chi connectivity index (χ4v) is 2.18. The molecule has 0 bridgehead atoms. The molecule has 0 aliphatic carbocycles. The average molecular weight is 273 g/mol. The van der Waals surface area contributed by atoms with Gasteiger partial charge in [-0.3, -0.25) is 0 Å². The molecule has 0 radical (unpaired) electrons. The fourth-order valence-electron chi connectivity index (χ4n) is 2.18. The van der Waals surface area contributed by atoms with E-state index in [0.29, 0.717) is 17.3 Å². The third-order valence-corrected chi connectivity index (χ3v) is 3.38. The second-order valence-corrected chi connectivity index (χ2v) is 4.44. The SMILES string of the molecule is CNc1ncnc(-c2ccc(C)c(C)c2OC)c1OC. The van der Waals surface area contributed by atoms with Gasteiger partial charge in [0.1, 0.15) is 17.8 Å². The molecule has 2 aromatic rings. The molecule has 1 aromatic carbocycles. The number of hydrogen-bond donors (Lipinski definition) is 1. The summed E-state index contributed by atoms with van der Waals surface area (Å²) in [5.74, 6) is 2.07. The molecule has 0 aliphatic rings. The zero-order valence-electron chi connectivity index (χ0n) is 12.4. The highest BCUT2D eigenvalue weighted by atomic mass is 16.5. The largest absolute Gasteiger partial charge is 0.496 e. The summed E-state index contributed by atoms with van der Waals surface area (Å²) in [6.07, 6.45) is 1.51. The van der Waals surface area contributed by atoms with Crippen molar-refractivity contribution in [2.24, 2.45) is 0 Å². The molecular formula is C15H19N3O2. The molecule has 0 unspecified atom stereocenters. The molecular weight excluding hydrogens is 254 g/mol. The minimum atomic E-state index is 0.608. The number of benzene rings is 1. The van der Waals surface area contributed by atoms with Crippen molar-refractivity contribution in [2.75, 3.05) is 26.6 Å². The standard InChI is InChI=1S/C15H19N3O2/c1-9-6-7-11(13(19-4)10(9)2)12-14(20-5)15(16-3)18-8-17-12/h6-8H,1-5H3,(H,16,17,18). The fraction of sp³-hybridized carbons (Fsp3) is 0.333. The van der Waals surface area contributed by atoms with Crippen molar-refractivity contribution < 1.29 is 9.47 Å². The molecule has 1 aromatic heterocycles. The van der Waals surface area contributed by atoms with Crippen LogP contribution in [-0.2, 0) is 0 Å². The van der Waals surface area contributed by atoms with E-state index in [0.717, 1.165) is 16.9 Å². The lowest BCUT2D eigenvalue weighted by Gasteiger charge is -2.16. The molecule has 1 heterocycles. The Morgan fingerprint density at radius 1 is 1.00 bits per heavy atom. The lowest BCUT2D eigenvalue weighted by Crippen LogP contribution is -2.02. The Labute approximate surface area is 119 Å². The van der Waals surface area contributed by atoms with Gasteiger partial charge in [0.05, 0.1) is 14.2 Å². The van der Waals surface area contributed by atoms with Gasteiger partial charge in [-0.15, -0.1) is 0 Å².